The Balaban J connectivity index is 2.11. The van der Waals surface area contributed by atoms with Gasteiger partial charge in [-0.15, -0.1) is 0 Å². The van der Waals surface area contributed by atoms with Gasteiger partial charge in [0.2, 0.25) is 0 Å². The SMILES string of the molecule is C[C@H]1CCCC=C[C@@H]2C[C@H](O)C[C@H]2C(O)C=CC(=O)O1. The molecule has 0 aromatic carbocycles. The van der Waals surface area contributed by atoms with E-state index in [-0.39, 0.29) is 24.0 Å². The number of hydrogen-bond donors (Lipinski definition) is 2. The van der Waals surface area contributed by atoms with Crippen LogP contribution < -0.4 is 0 Å². The number of esters is 1. The molecule has 1 unspecified atom stereocenters. The number of allylic oxidation sites excluding steroid dienone is 2. The van der Waals surface area contributed by atoms with E-state index >= 15 is 0 Å². The Morgan fingerprint density at radius 2 is 2.05 bits per heavy atom. The molecule has 1 aliphatic heterocycles. The van der Waals surface area contributed by atoms with E-state index in [9.17, 15) is 15.0 Å². The lowest BCUT2D eigenvalue weighted by molar-refractivity contribution is -0.142. The predicted molar refractivity (Wildman–Crippen MR) is 75.9 cm³/mol. The van der Waals surface area contributed by atoms with Crippen molar-refractivity contribution in [2.45, 2.75) is 57.3 Å². The maximum atomic E-state index is 11.6. The standard InChI is InChI=1S/C16H24O4/c1-11-5-3-2-4-6-12-9-13(17)10-14(12)15(18)7-8-16(19)20-11/h4,6-8,11-15,17-18H,2-3,5,9-10H2,1H3/t11-,12+,13-,14+,15?/m0/s1. The van der Waals surface area contributed by atoms with E-state index in [0.29, 0.717) is 12.8 Å². The van der Waals surface area contributed by atoms with E-state index in [1.54, 1.807) is 0 Å². The summed E-state index contributed by atoms with van der Waals surface area (Å²) < 4.78 is 5.23. The predicted octanol–water partition coefficient (Wildman–Crippen LogP) is 1.96. The van der Waals surface area contributed by atoms with Crippen molar-refractivity contribution in [2.75, 3.05) is 0 Å². The van der Waals surface area contributed by atoms with Gasteiger partial charge in [0.25, 0.3) is 0 Å². The topological polar surface area (TPSA) is 66.8 Å². The first-order valence-corrected chi connectivity index (χ1v) is 7.48. The van der Waals surface area contributed by atoms with Gasteiger partial charge in [0.05, 0.1) is 18.3 Å². The largest absolute Gasteiger partial charge is 0.460 e. The fourth-order valence-electron chi connectivity index (χ4n) is 3.10. The Kier molecular flexibility index (Phi) is 5.38. The van der Waals surface area contributed by atoms with Gasteiger partial charge in [-0.05, 0) is 56.9 Å². The number of aliphatic hydroxyl groups is 2. The number of hydrogen-bond acceptors (Lipinski definition) is 4. The Bertz CT molecular complexity index is 388. The number of rotatable bonds is 0. The first kappa shape index (κ1) is 15.3. The fourth-order valence-corrected chi connectivity index (χ4v) is 3.10. The molecular formula is C16H24O4. The number of fused-ring (bicyclic) bond motifs is 1. The van der Waals surface area contributed by atoms with Crippen LogP contribution >= 0.6 is 0 Å². The van der Waals surface area contributed by atoms with E-state index in [2.05, 4.69) is 12.2 Å². The molecule has 4 heteroatoms. The van der Waals surface area contributed by atoms with E-state index < -0.39 is 12.1 Å². The summed E-state index contributed by atoms with van der Waals surface area (Å²) in [6.45, 7) is 1.89. The van der Waals surface area contributed by atoms with Crippen LogP contribution in [-0.4, -0.2) is 34.5 Å². The molecule has 0 saturated heterocycles. The van der Waals surface area contributed by atoms with E-state index in [0.717, 1.165) is 19.3 Å². The number of carbonyl (C=O) groups excluding carboxylic acids is 1. The fraction of sp³-hybridized carbons (Fsp3) is 0.688. The third-order valence-corrected chi connectivity index (χ3v) is 4.19. The minimum Gasteiger partial charge on any atom is -0.460 e. The molecule has 0 aromatic heterocycles. The van der Waals surface area contributed by atoms with Crippen LogP contribution in [0, 0.1) is 11.8 Å². The lowest BCUT2D eigenvalue weighted by Crippen LogP contribution is -2.21. The monoisotopic (exact) mass is 280 g/mol. The summed E-state index contributed by atoms with van der Waals surface area (Å²) in [5.74, 6) is -0.249. The van der Waals surface area contributed by atoms with Gasteiger partial charge in [-0.25, -0.2) is 4.79 Å². The molecule has 0 amide bonds. The summed E-state index contributed by atoms with van der Waals surface area (Å²) in [6.07, 6.45) is 9.87. The molecule has 2 aliphatic rings. The lowest BCUT2D eigenvalue weighted by atomic mass is 9.90. The number of carbonyl (C=O) groups is 1. The molecule has 0 bridgehead atoms. The van der Waals surface area contributed by atoms with Crippen molar-refractivity contribution in [1.29, 1.82) is 0 Å². The van der Waals surface area contributed by atoms with Crippen LogP contribution in [0.25, 0.3) is 0 Å². The summed E-state index contributed by atoms with van der Waals surface area (Å²) in [7, 11) is 0. The van der Waals surface area contributed by atoms with Crippen LogP contribution in [0.1, 0.15) is 39.0 Å². The Morgan fingerprint density at radius 3 is 2.85 bits per heavy atom. The summed E-state index contributed by atoms with van der Waals surface area (Å²) in [5.41, 5.74) is 0. The molecule has 20 heavy (non-hydrogen) atoms. The van der Waals surface area contributed by atoms with Crippen molar-refractivity contribution >= 4 is 5.97 Å². The van der Waals surface area contributed by atoms with Gasteiger partial charge in [0.15, 0.2) is 0 Å². The molecule has 1 aliphatic carbocycles. The Hall–Kier alpha value is -1.13. The molecule has 4 nitrogen and oxygen atoms in total. The minimum absolute atomic E-state index is 0.0246. The van der Waals surface area contributed by atoms with Crippen LogP contribution in [0.4, 0.5) is 0 Å². The van der Waals surface area contributed by atoms with Crippen molar-refractivity contribution in [3.05, 3.63) is 24.3 Å². The van der Waals surface area contributed by atoms with Gasteiger partial charge in [-0.2, -0.15) is 0 Å². The van der Waals surface area contributed by atoms with Crippen molar-refractivity contribution in [1.82, 2.24) is 0 Å². The highest BCUT2D eigenvalue weighted by Crippen LogP contribution is 2.36. The summed E-state index contributed by atoms with van der Waals surface area (Å²) >= 11 is 0. The van der Waals surface area contributed by atoms with Crippen molar-refractivity contribution < 1.29 is 19.7 Å². The smallest absolute Gasteiger partial charge is 0.330 e. The van der Waals surface area contributed by atoms with Crippen LogP contribution in [0.3, 0.4) is 0 Å². The molecule has 0 aromatic rings. The second-order valence-corrected chi connectivity index (χ2v) is 5.91. The minimum atomic E-state index is -0.717. The Morgan fingerprint density at radius 1 is 1.25 bits per heavy atom. The second kappa shape index (κ2) is 7.04. The number of aliphatic hydroxyl groups excluding tert-OH is 2. The zero-order valence-corrected chi connectivity index (χ0v) is 11.9. The second-order valence-electron chi connectivity index (χ2n) is 5.91. The average molecular weight is 280 g/mol. The quantitative estimate of drug-likeness (QED) is 0.526. The molecule has 2 rings (SSSR count). The van der Waals surface area contributed by atoms with Crippen LogP contribution in [0.5, 0.6) is 0 Å². The summed E-state index contributed by atoms with van der Waals surface area (Å²) in [5, 5.41) is 20.0. The van der Waals surface area contributed by atoms with E-state index in [4.69, 9.17) is 4.74 Å². The van der Waals surface area contributed by atoms with E-state index in [1.165, 1.54) is 12.2 Å². The molecule has 0 spiro atoms. The molecular weight excluding hydrogens is 256 g/mol. The highest BCUT2D eigenvalue weighted by Gasteiger charge is 2.35. The zero-order chi connectivity index (χ0) is 14.5. The zero-order valence-electron chi connectivity index (χ0n) is 11.9. The molecule has 1 heterocycles. The maximum Gasteiger partial charge on any atom is 0.330 e. The van der Waals surface area contributed by atoms with Gasteiger partial charge in [-0.3, -0.25) is 0 Å². The van der Waals surface area contributed by atoms with E-state index in [1.807, 2.05) is 6.92 Å². The summed E-state index contributed by atoms with van der Waals surface area (Å²) in [6, 6.07) is 0. The molecule has 0 radical (unpaired) electrons. The average Bonchev–Trinajstić information content (AvgIpc) is 2.76. The van der Waals surface area contributed by atoms with Crippen molar-refractivity contribution in [3.63, 3.8) is 0 Å². The molecule has 112 valence electrons. The lowest BCUT2D eigenvalue weighted by Gasteiger charge is -2.19. The molecule has 1 fully saturated rings. The van der Waals surface area contributed by atoms with Gasteiger partial charge in [0, 0.05) is 6.08 Å². The van der Waals surface area contributed by atoms with Gasteiger partial charge in [0.1, 0.15) is 0 Å². The molecule has 1 saturated carbocycles. The van der Waals surface area contributed by atoms with Gasteiger partial charge >= 0.3 is 5.97 Å². The highest BCUT2D eigenvalue weighted by atomic mass is 16.5. The van der Waals surface area contributed by atoms with Crippen molar-refractivity contribution in [3.8, 4) is 0 Å². The first-order valence-electron chi connectivity index (χ1n) is 7.48. The van der Waals surface area contributed by atoms with Gasteiger partial charge in [-0.1, -0.05) is 12.2 Å². The van der Waals surface area contributed by atoms with Crippen LogP contribution in [-0.2, 0) is 9.53 Å². The maximum absolute atomic E-state index is 11.6. The summed E-state index contributed by atoms with van der Waals surface area (Å²) in [4.78, 5) is 11.6. The molecule has 5 atom stereocenters. The van der Waals surface area contributed by atoms with Crippen LogP contribution in [0.15, 0.2) is 24.3 Å². The highest BCUT2D eigenvalue weighted by molar-refractivity contribution is 5.82. The third kappa shape index (κ3) is 4.18. The molecule has 2 N–H and O–H groups in total. The number of cyclic esters (lactones) is 1. The van der Waals surface area contributed by atoms with Gasteiger partial charge < -0.3 is 14.9 Å². The van der Waals surface area contributed by atoms with Crippen molar-refractivity contribution in [2.24, 2.45) is 11.8 Å². The third-order valence-electron chi connectivity index (χ3n) is 4.19. The normalized spacial score (nSPS) is 39.4. The van der Waals surface area contributed by atoms with Crippen LogP contribution in [0.2, 0.25) is 0 Å². The first-order chi connectivity index (χ1) is 9.56. The Labute approximate surface area is 120 Å². The number of ether oxygens (including phenoxy) is 1.